The van der Waals surface area contributed by atoms with Crippen molar-refractivity contribution in [3.63, 3.8) is 0 Å². The molecule has 5 rings (SSSR count). The lowest BCUT2D eigenvalue weighted by Crippen LogP contribution is -2.47. The van der Waals surface area contributed by atoms with E-state index in [9.17, 15) is 19.5 Å². The van der Waals surface area contributed by atoms with Crippen molar-refractivity contribution in [2.24, 2.45) is 10.9 Å². The molecule has 2 aromatic carbocycles. The fourth-order valence-electron chi connectivity index (χ4n) is 4.59. The molecule has 8 nitrogen and oxygen atoms in total. The van der Waals surface area contributed by atoms with Gasteiger partial charge in [0.1, 0.15) is 17.4 Å². The lowest BCUT2D eigenvalue weighted by atomic mass is 9.86. The number of furan rings is 1. The van der Waals surface area contributed by atoms with Crippen LogP contribution in [-0.2, 0) is 9.53 Å². The largest absolute Gasteiger partial charge is 0.478 e. The molecule has 0 saturated heterocycles. The molecule has 188 valence electrons. The molecule has 0 aliphatic carbocycles. The lowest BCUT2D eigenvalue weighted by molar-refractivity contribution is -0.150. The summed E-state index contributed by atoms with van der Waals surface area (Å²) in [5.41, 5.74) is 1.33. The van der Waals surface area contributed by atoms with E-state index in [0.717, 1.165) is 5.56 Å². The van der Waals surface area contributed by atoms with E-state index in [1.807, 2.05) is 37.3 Å². The van der Waals surface area contributed by atoms with E-state index in [2.05, 4.69) is 4.99 Å². The number of nitrogens with zero attached hydrogens (tertiary/aromatic N) is 2. The van der Waals surface area contributed by atoms with Crippen molar-refractivity contribution in [3.8, 4) is 11.3 Å². The van der Waals surface area contributed by atoms with Gasteiger partial charge in [0, 0.05) is 11.6 Å². The lowest BCUT2D eigenvalue weighted by Gasteiger charge is -2.32. The van der Waals surface area contributed by atoms with Gasteiger partial charge in [-0.05, 0) is 43.7 Å². The van der Waals surface area contributed by atoms with Gasteiger partial charge in [0.15, 0.2) is 4.80 Å². The molecule has 9 heteroatoms. The van der Waals surface area contributed by atoms with Gasteiger partial charge in [-0.3, -0.25) is 19.1 Å². The predicted octanol–water partition coefficient (Wildman–Crippen LogP) is 3.49. The number of benzene rings is 2. The minimum atomic E-state index is -1.02. The van der Waals surface area contributed by atoms with Gasteiger partial charge in [0.25, 0.3) is 5.56 Å². The Balaban J connectivity index is 1.60. The highest BCUT2D eigenvalue weighted by Gasteiger charge is 2.41. The molecule has 3 unspecified atom stereocenters. The summed E-state index contributed by atoms with van der Waals surface area (Å²) >= 11 is 1.24. The number of thiazole rings is 1. The van der Waals surface area contributed by atoms with Gasteiger partial charge in [-0.15, -0.1) is 0 Å². The van der Waals surface area contributed by atoms with Crippen molar-refractivity contribution in [1.82, 2.24) is 4.57 Å². The van der Waals surface area contributed by atoms with Crippen LogP contribution in [0.25, 0.3) is 17.4 Å². The second-order valence-electron chi connectivity index (χ2n) is 8.66. The number of carboxylic acid groups (broad SMARTS) is 1. The smallest absolute Gasteiger partial charge is 0.335 e. The Kier molecular flexibility index (Phi) is 6.62. The van der Waals surface area contributed by atoms with Crippen LogP contribution in [0.2, 0.25) is 0 Å². The average Bonchev–Trinajstić information content (AvgIpc) is 3.48. The Bertz CT molecular complexity index is 1650. The Morgan fingerprint density at radius 1 is 1.14 bits per heavy atom. The maximum Gasteiger partial charge on any atom is 0.335 e. The standard InChI is InChI=1S/C28H24N2O6S/c1-3-35-27(34)23-16(2)29-28-30(24(23)17-8-5-4-6-9-17)25(31)22(37-28)15-20-12-13-21(36-20)18-10-7-11-19(14-18)26(32)33/h4-16,23-24H,3H2,1-2H3,(H,32,33)/b22-15-. The van der Waals surface area contributed by atoms with Crippen LogP contribution in [0.1, 0.15) is 41.6 Å². The van der Waals surface area contributed by atoms with Crippen molar-refractivity contribution in [1.29, 1.82) is 0 Å². The summed E-state index contributed by atoms with van der Waals surface area (Å²) < 4.78 is 13.3. The number of esters is 1. The first kappa shape index (κ1) is 24.5. The van der Waals surface area contributed by atoms with E-state index in [0.29, 0.717) is 26.4 Å². The number of hydrogen-bond donors (Lipinski definition) is 1. The summed E-state index contributed by atoms with van der Waals surface area (Å²) in [6, 6.07) is 18.4. The van der Waals surface area contributed by atoms with Crippen LogP contribution < -0.4 is 14.9 Å². The zero-order valence-electron chi connectivity index (χ0n) is 20.2. The zero-order valence-corrected chi connectivity index (χ0v) is 21.0. The number of fused-ring (bicyclic) bond motifs is 1. The third-order valence-electron chi connectivity index (χ3n) is 6.28. The van der Waals surface area contributed by atoms with Gasteiger partial charge in [0.2, 0.25) is 0 Å². The minimum absolute atomic E-state index is 0.155. The number of aromatic carboxylic acids is 1. The number of aromatic nitrogens is 1. The Labute approximate surface area is 215 Å². The monoisotopic (exact) mass is 516 g/mol. The molecular formula is C28H24N2O6S. The molecule has 3 atom stereocenters. The highest BCUT2D eigenvalue weighted by Crippen LogP contribution is 2.32. The van der Waals surface area contributed by atoms with Crippen molar-refractivity contribution in [2.45, 2.75) is 25.9 Å². The summed E-state index contributed by atoms with van der Waals surface area (Å²) in [5.74, 6) is -1.13. The maximum absolute atomic E-state index is 13.7. The third kappa shape index (κ3) is 4.65. The highest BCUT2D eigenvalue weighted by atomic mass is 32.1. The van der Waals surface area contributed by atoms with E-state index in [1.165, 1.54) is 23.5 Å². The summed E-state index contributed by atoms with van der Waals surface area (Å²) in [5, 5.41) is 9.26. The predicted molar refractivity (Wildman–Crippen MR) is 138 cm³/mol. The molecule has 1 aliphatic heterocycles. The first-order chi connectivity index (χ1) is 17.9. The Morgan fingerprint density at radius 3 is 2.65 bits per heavy atom. The Hall–Kier alpha value is -4.24. The quantitative estimate of drug-likeness (QED) is 0.393. The van der Waals surface area contributed by atoms with E-state index in [-0.39, 0.29) is 29.7 Å². The van der Waals surface area contributed by atoms with Gasteiger partial charge >= 0.3 is 11.9 Å². The summed E-state index contributed by atoms with van der Waals surface area (Å²) in [7, 11) is 0. The van der Waals surface area contributed by atoms with Crippen molar-refractivity contribution in [2.75, 3.05) is 6.61 Å². The molecule has 1 N–H and O–H groups in total. The molecule has 2 aromatic heterocycles. The van der Waals surface area contributed by atoms with Crippen LogP contribution in [0, 0.1) is 5.92 Å². The fraction of sp³-hybridized carbons (Fsp3) is 0.214. The topological polar surface area (TPSA) is 111 Å². The maximum atomic E-state index is 13.7. The minimum Gasteiger partial charge on any atom is -0.478 e. The molecular weight excluding hydrogens is 492 g/mol. The highest BCUT2D eigenvalue weighted by molar-refractivity contribution is 7.07. The van der Waals surface area contributed by atoms with Gasteiger partial charge in [0.05, 0.1) is 28.8 Å². The normalized spacial score (nSPS) is 19.2. The SMILES string of the molecule is CCOC(=O)C1C(C)N=c2s/c(=C\c3ccc(-c4cccc(C(=O)O)c4)o3)c(=O)n2C1c1ccccc1. The fourth-order valence-corrected chi connectivity index (χ4v) is 5.66. The van der Waals surface area contributed by atoms with Crippen LogP contribution in [-0.4, -0.2) is 34.3 Å². The van der Waals surface area contributed by atoms with Crippen molar-refractivity contribution in [3.05, 3.63) is 103 Å². The summed E-state index contributed by atoms with van der Waals surface area (Å²) in [4.78, 5) is 43.1. The molecule has 37 heavy (non-hydrogen) atoms. The van der Waals surface area contributed by atoms with Crippen LogP contribution >= 0.6 is 11.3 Å². The van der Waals surface area contributed by atoms with E-state index < -0.39 is 17.9 Å². The molecule has 0 saturated carbocycles. The van der Waals surface area contributed by atoms with Crippen LogP contribution in [0.5, 0.6) is 0 Å². The number of carbonyl (C=O) groups excluding carboxylic acids is 1. The number of rotatable bonds is 6. The summed E-state index contributed by atoms with van der Waals surface area (Å²) in [6.45, 7) is 3.85. The van der Waals surface area contributed by atoms with Crippen molar-refractivity contribution >= 4 is 29.4 Å². The number of carbonyl (C=O) groups is 2. The molecule has 0 amide bonds. The van der Waals surface area contributed by atoms with Gasteiger partial charge in [-0.2, -0.15) is 0 Å². The van der Waals surface area contributed by atoms with Gasteiger partial charge in [-0.25, -0.2) is 4.79 Å². The molecule has 0 bridgehead atoms. The van der Waals surface area contributed by atoms with Crippen LogP contribution in [0.15, 0.2) is 80.9 Å². The van der Waals surface area contributed by atoms with E-state index in [1.54, 1.807) is 41.8 Å². The molecule has 0 fully saturated rings. The molecule has 0 radical (unpaired) electrons. The van der Waals surface area contributed by atoms with Gasteiger partial charge in [-0.1, -0.05) is 53.8 Å². The van der Waals surface area contributed by atoms with E-state index >= 15 is 0 Å². The first-order valence-corrected chi connectivity index (χ1v) is 12.6. The number of ether oxygens (including phenoxy) is 1. The van der Waals surface area contributed by atoms with Crippen LogP contribution in [0.3, 0.4) is 0 Å². The van der Waals surface area contributed by atoms with E-state index in [4.69, 9.17) is 9.15 Å². The summed E-state index contributed by atoms with van der Waals surface area (Å²) in [6.07, 6.45) is 1.64. The Morgan fingerprint density at radius 2 is 1.92 bits per heavy atom. The van der Waals surface area contributed by atoms with Crippen LogP contribution in [0.4, 0.5) is 0 Å². The molecule has 3 heterocycles. The van der Waals surface area contributed by atoms with Crippen molar-refractivity contribution < 1.29 is 23.8 Å². The third-order valence-corrected chi connectivity index (χ3v) is 7.28. The van der Waals surface area contributed by atoms with Gasteiger partial charge < -0.3 is 14.3 Å². The molecule has 0 spiro atoms. The second kappa shape index (κ2) is 10.0. The second-order valence-corrected chi connectivity index (χ2v) is 9.67. The average molecular weight is 517 g/mol. The molecule has 1 aliphatic rings. The number of carboxylic acids is 1. The number of hydrogen-bond acceptors (Lipinski definition) is 7. The molecule has 4 aromatic rings. The zero-order chi connectivity index (χ0) is 26.1. The first-order valence-electron chi connectivity index (χ1n) is 11.8.